The monoisotopic (exact) mass is 228 g/mol. The smallest absolute Gasteiger partial charge is 0.132 e. The molecule has 1 fully saturated rings. The van der Waals surface area contributed by atoms with Crippen LogP contribution in [0.25, 0.3) is 11.3 Å². The highest BCUT2D eigenvalue weighted by atomic mass is 15.1. The molecule has 2 aromatic heterocycles. The molecule has 0 unspecified atom stereocenters. The lowest BCUT2D eigenvalue weighted by atomic mass is 9.78. The Hall–Kier alpha value is -1.84. The fraction of sp³-hybridized carbons (Fsp3) is 0.385. The maximum atomic E-state index is 5.93. The van der Waals surface area contributed by atoms with Crippen molar-refractivity contribution in [2.24, 2.45) is 0 Å². The summed E-state index contributed by atoms with van der Waals surface area (Å²) in [5.41, 5.74) is 8.17. The van der Waals surface area contributed by atoms with Crippen LogP contribution in [0.3, 0.4) is 0 Å². The van der Waals surface area contributed by atoms with Gasteiger partial charge in [-0.05, 0) is 38.3 Å². The molecule has 88 valence electrons. The molecule has 1 aliphatic carbocycles. The van der Waals surface area contributed by atoms with Crippen LogP contribution in [0.2, 0.25) is 0 Å². The highest BCUT2D eigenvalue weighted by Gasteiger charge is 2.35. The molecule has 4 heteroatoms. The second-order valence-corrected chi connectivity index (χ2v) is 4.94. The number of hydrogen-bond donors (Lipinski definition) is 1. The van der Waals surface area contributed by atoms with E-state index in [1.54, 1.807) is 6.20 Å². The van der Waals surface area contributed by atoms with Crippen LogP contribution in [-0.2, 0) is 5.54 Å². The lowest BCUT2D eigenvalue weighted by molar-refractivity contribution is 0.171. The van der Waals surface area contributed by atoms with Gasteiger partial charge in [0, 0.05) is 17.3 Å². The molecule has 1 saturated carbocycles. The Labute approximate surface area is 101 Å². The third-order valence-corrected chi connectivity index (χ3v) is 3.77. The number of pyridine rings is 1. The second kappa shape index (κ2) is 3.58. The van der Waals surface area contributed by atoms with Crippen molar-refractivity contribution in [3.05, 3.63) is 30.9 Å². The van der Waals surface area contributed by atoms with Crippen molar-refractivity contribution in [1.29, 1.82) is 0 Å². The average molecular weight is 228 g/mol. The normalized spacial score (nSPS) is 17.7. The first-order valence-electron chi connectivity index (χ1n) is 5.94. The zero-order chi connectivity index (χ0) is 11.9. The van der Waals surface area contributed by atoms with E-state index < -0.39 is 0 Å². The topological polar surface area (TPSA) is 56.7 Å². The van der Waals surface area contributed by atoms with Crippen LogP contribution in [0.15, 0.2) is 30.9 Å². The third kappa shape index (κ3) is 1.52. The van der Waals surface area contributed by atoms with Crippen LogP contribution in [0, 0.1) is 0 Å². The van der Waals surface area contributed by atoms with Crippen molar-refractivity contribution >= 4 is 5.82 Å². The first-order chi connectivity index (χ1) is 8.21. The molecule has 1 aliphatic rings. The third-order valence-electron chi connectivity index (χ3n) is 3.77. The maximum Gasteiger partial charge on any atom is 0.132 e. The Bertz CT molecular complexity index is 540. The number of nitrogens with zero attached hydrogens (tertiary/aromatic N) is 3. The van der Waals surface area contributed by atoms with Gasteiger partial charge in [0.15, 0.2) is 0 Å². The van der Waals surface area contributed by atoms with E-state index in [1.807, 2.05) is 24.7 Å². The molecule has 0 atom stereocenters. The number of nitrogen functional groups attached to an aromatic ring is 1. The molecular formula is C13H16N4. The van der Waals surface area contributed by atoms with Crippen molar-refractivity contribution in [3.8, 4) is 11.3 Å². The number of imidazole rings is 1. The van der Waals surface area contributed by atoms with Crippen LogP contribution in [0.5, 0.6) is 0 Å². The van der Waals surface area contributed by atoms with Crippen molar-refractivity contribution in [3.63, 3.8) is 0 Å². The molecular weight excluding hydrogens is 212 g/mol. The van der Waals surface area contributed by atoms with Crippen LogP contribution < -0.4 is 5.73 Å². The van der Waals surface area contributed by atoms with Gasteiger partial charge >= 0.3 is 0 Å². The SMILES string of the molecule is CC1(n2cncc2-c2cccnc2N)CCC1. The Kier molecular flexibility index (Phi) is 2.18. The molecule has 0 amide bonds. The van der Waals surface area contributed by atoms with Crippen molar-refractivity contribution in [1.82, 2.24) is 14.5 Å². The molecule has 0 saturated heterocycles. The molecule has 2 heterocycles. The van der Waals surface area contributed by atoms with Crippen LogP contribution >= 0.6 is 0 Å². The summed E-state index contributed by atoms with van der Waals surface area (Å²) in [6, 6.07) is 3.91. The summed E-state index contributed by atoms with van der Waals surface area (Å²) in [4.78, 5) is 8.41. The quantitative estimate of drug-likeness (QED) is 0.858. The predicted octanol–water partition coefficient (Wildman–Crippen LogP) is 2.43. The van der Waals surface area contributed by atoms with E-state index in [9.17, 15) is 0 Å². The highest BCUT2D eigenvalue weighted by Crippen LogP contribution is 2.41. The van der Waals surface area contributed by atoms with Crippen LogP contribution in [0.4, 0.5) is 5.82 Å². The summed E-state index contributed by atoms with van der Waals surface area (Å²) < 4.78 is 2.24. The fourth-order valence-corrected chi connectivity index (χ4v) is 2.49. The van der Waals surface area contributed by atoms with Gasteiger partial charge in [-0.3, -0.25) is 0 Å². The number of rotatable bonds is 2. The van der Waals surface area contributed by atoms with Gasteiger partial charge < -0.3 is 10.3 Å². The lowest BCUT2D eigenvalue weighted by Crippen LogP contribution is -2.37. The summed E-state index contributed by atoms with van der Waals surface area (Å²) in [5, 5.41) is 0. The fourth-order valence-electron chi connectivity index (χ4n) is 2.49. The standard InChI is InChI=1S/C13H16N4/c1-13(5-3-6-13)17-9-15-8-11(17)10-4-2-7-16-12(10)14/h2,4,7-9H,3,5-6H2,1H3,(H2,14,16). The van der Waals surface area contributed by atoms with E-state index in [0.29, 0.717) is 5.82 Å². The number of aromatic nitrogens is 3. The number of nitrogens with two attached hydrogens (primary N) is 1. The molecule has 2 aromatic rings. The molecule has 0 spiro atoms. The first kappa shape index (κ1) is 10.3. The zero-order valence-electron chi connectivity index (χ0n) is 9.93. The molecule has 0 aliphatic heterocycles. The van der Waals surface area contributed by atoms with Crippen LogP contribution in [0.1, 0.15) is 26.2 Å². The van der Waals surface area contributed by atoms with Crippen molar-refractivity contribution in [2.75, 3.05) is 5.73 Å². The minimum Gasteiger partial charge on any atom is -0.383 e. The van der Waals surface area contributed by atoms with Gasteiger partial charge in [0.1, 0.15) is 5.82 Å². The minimum absolute atomic E-state index is 0.202. The summed E-state index contributed by atoms with van der Waals surface area (Å²) in [6.45, 7) is 2.27. The molecule has 4 nitrogen and oxygen atoms in total. The summed E-state index contributed by atoms with van der Waals surface area (Å²) in [7, 11) is 0. The largest absolute Gasteiger partial charge is 0.383 e. The predicted molar refractivity (Wildman–Crippen MR) is 67.4 cm³/mol. The first-order valence-corrected chi connectivity index (χ1v) is 5.94. The van der Waals surface area contributed by atoms with Gasteiger partial charge in [-0.15, -0.1) is 0 Å². The summed E-state index contributed by atoms with van der Waals surface area (Å²) in [6.07, 6.45) is 9.19. The molecule has 2 N–H and O–H groups in total. The summed E-state index contributed by atoms with van der Waals surface area (Å²) >= 11 is 0. The van der Waals surface area contributed by atoms with E-state index in [-0.39, 0.29) is 5.54 Å². The molecule has 3 rings (SSSR count). The van der Waals surface area contributed by atoms with E-state index in [1.165, 1.54) is 19.3 Å². The van der Waals surface area contributed by atoms with Gasteiger partial charge in [0.25, 0.3) is 0 Å². The van der Waals surface area contributed by atoms with Gasteiger partial charge in [-0.25, -0.2) is 9.97 Å². The van der Waals surface area contributed by atoms with Gasteiger partial charge in [-0.1, -0.05) is 0 Å². The number of anilines is 1. The van der Waals surface area contributed by atoms with Crippen LogP contribution in [-0.4, -0.2) is 14.5 Å². The minimum atomic E-state index is 0.202. The molecule has 17 heavy (non-hydrogen) atoms. The summed E-state index contributed by atoms with van der Waals surface area (Å²) in [5.74, 6) is 0.567. The Balaban J connectivity index is 2.11. The Morgan fingerprint density at radius 2 is 2.24 bits per heavy atom. The molecule has 0 radical (unpaired) electrons. The van der Waals surface area contributed by atoms with E-state index >= 15 is 0 Å². The van der Waals surface area contributed by atoms with Gasteiger partial charge in [-0.2, -0.15) is 0 Å². The van der Waals surface area contributed by atoms with E-state index in [2.05, 4.69) is 21.5 Å². The van der Waals surface area contributed by atoms with Crippen molar-refractivity contribution in [2.45, 2.75) is 31.7 Å². The highest BCUT2D eigenvalue weighted by molar-refractivity contribution is 5.70. The Morgan fingerprint density at radius 1 is 1.41 bits per heavy atom. The lowest BCUT2D eigenvalue weighted by Gasteiger charge is -2.40. The van der Waals surface area contributed by atoms with Gasteiger partial charge in [0.2, 0.25) is 0 Å². The maximum absolute atomic E-state index is 5.93. The molecule has 0 aromatic carbocycles. The van der Waals surface area contributed by atoms with E-state index in [4.69, 9.17) is 5.73 Å². The number of hydrogen-bond acceptors (Lipinski definition) is 3. The van der Waals surface area contributed by atoms with E-state index in [0.717, 1.165) is 11.3 Å². The zero-order valence-corrected chi connectivity index (χ0v) is 9.93. The molecule has 0 bridgehead atoms. The van der Waals surface area contributed by atoms with Gasteiger partial charge in [0.05, 0.1) is 18.2 Å². The Morgan fingerprint density at radius 3 is 2.88 bits per heavy atom. The van der Waals surface area contributed by atoms with Crippen molar-refractivity contribution < 1.29 is 0 Å². The second-order valence-electron chi connectivity index (χ2n) is 4.94. The average Bonchev–Trinajstić information content (AvgIpc) is 2.75.